The number of rotatable bonds is 5. The van der Waals surface area contributed by atoms with E-state index in [1.807, 2.05) is 6.92 Å². The summed E-state index contributed by atoms with van der Waals surface area (Å²) < 4.78 is 5.01. The van der Waals surface area contributed by atoms with E-state index in [4.69, 9.17) is 4.74 Å². The molecule has 0 aromatic heterocycles. The Morgan fingerprint density at radius 1 is 1.25 bits per heavy atom. The number of esters is 1. The predicted molar refractivity (Wildman–Crippen MR) is 86.1 cm³/mol. The molecular weight excluding hydrogens is 312 g/mol. The lowest BCUT2D eigenvalue weighted by atomic mass is 10.2. The molecule has 0 bridgehead atoms. The van der Waals surface area contributed by atoms with E-state index in [0.717, 1.165) is 16.5 Å². The number of aryl methyl sites for hydroxylation is 1. The molecule has 2 rings (SSSR count). The molecule has 0 spiro atoms. The number of ketones is 1. The molecule has 1 saturated heterocycles. The number of nitrogens with one attached hydrogen (secondary N) is 1. The number of hydrogen-bond donors (Lipinski definition) is 1. The van der Waals surface area contributed by atoms with Crippen LogP contribution in [0.2, 0.25) is 0 Å². The molecule has 7 heteroatoms. The predicted octanol–water partition coefficient (Wildman–Crippen LogP) is 1.85. The molecule has 1 N–H and O–H groups in total. The molecule has 24 heavy (non-hydrogen) atoms. The Labute approximate surface area is 139 Å². The van der Waals surface area contributed by atoms with Crippen molar-refractivity contribution in [2.24, 2.45) is 0 Å². The number of nitrogens with zero attached hydrogens (tertiary/aromatic N) is 1. The van der Waals surface area contributed by atoms with Gasteiger partial charge in [0.15, 0.2) is 0 Å². The van der Waals surface area contributed by atoms with E-state index in [0.29, 0.717) is 5.69 Å². The highest BCUT2D eigenvalue weighted by Crippen LogP contribution is 2.21. The second kappa shape index (κ2) is 7.08. The topological polar surface area (TPSA) is 92.8 Å². The summed E-state index contributed by atoms with van der Waals surface area (Å²) in [4.78, 5) is 48.0. The molecule has 1 fully saturated rings. The minimum atomic E-state index is -0.793. The van der Waals surface area contributed by atoms with Crippen LogP contribution in [0.1, 0.15) is 25.8 Å². The number of Topliss-reactive ketones (excluding diaryl/α,β-unsaturated/α-hetero) is 1. The normalized spacial score (nSPS) is 17.0. The third-order valence-corrected chi connectivity index (χ3v) is 3.32. The number of urea groups is 1. The summed E-state index contributed by atoms with van der Waals surface area (Å²) in [5.41, 5.74) is 1.23. The zero-order valence-corrected chi connectivity index (χ0v) is 13.7. The smallest absolute Gasteiger partial charge is 0.333 e. The van der Waals surface area contributed by atoms with E-state index in [2.05, 4.69) is 5.32 Å². The molecule has 1 atom stereocenters. The highest BCUT2D eigenvalue weighted by Gasteiger charge is 2.35. The number of amides is 3. The number of anilines is 1. The van der Waals surface area contributed by atoms with Crippen LogP contribution >= 0.6 is 0 Å². The maximum Gasteiger partial charge on any atom is 0.333 e. The van der Waals surface area contributed by atoms with Gasteiger partial charge in [-0.05, 0) is 32.9 Å². The zero-order chi connectivity index (χ0) is 17.9. The maximum atomic E-state index is 12.3. The molecular formula is C17H18N2O5. The lowest BCUT2D eigenvalue weighted by Crippen LogP contribution is -2.30. The van der Waals surface area contributed by atoms with E-state index in [9.17, 15) is 19.2 Å². The Morgan fingerprint density at radius 3 is 2.46 bits per heavy atom. The second-order valence-corrected chi connectivity index (χ2v) is 5.62. The average molecular weight is 330 g/mol. The molecule has 7 nitrogen and oxygen atoms in total. The van der Waals surface area contributed by atoms with E-state index in [-0.39, 0.29) is 17.9 Å². The van der Waals surface area contributed by atoms with E-state index >= 15 is 0 Å². The Hall–Kier alpha value is -2.96. The monoisotopic (exact) mass is 330 g/mol. The first-order chi connectivity index (χ1) is 11.3. The Morgan fingerprint density at radius 2 is 1.88 bits per heavy atom. The molecule has 0 aliphatic carbocycles. The first kappa shape index (κ1) is 17.4. The number of ether oxygens (including phenoxy) is 1. The fraction of sp³-hybridized carbons (Fsp3) is 0.294. The van der Waals surface area contributed by atoms with Crippen LogP contribution in [0.3, 0.4) is 0 Å². The molecule has 1 aromatic carbocycles. The van der Waals surface area contributed by atoms with Crippen LogP contribution in [-0.2, 0) is 19.1 Å². The molecule has 1 aliphatic rings. The van der Waals surface area contributed by atoms with Crippen molar-refractivity contribution >= 4 is 29.4 Å². The minimum Gasteiger partial charge on any atom is -0.459 e. The van der Waals surface area contributed by atoms with Crippen LogP contribution in [0.5, 0.6) is 0 Å². The van der Waals surface area contributed by atoms with Crippen LogP contribution in [0.25, 0.3) is 0 Å². The standard InChI is InChI=1S/C17H18N2O5/c1-10-4-6-13(7-5-10)19-16(22)14(18-17(19)23)9-15(21)24-12(3)8-11(2)20/h4-7,9,12H,8H2,1-3H3,(H,18,23)/b14-9-. The van der Waals surface area contributed by atoms with Gasteiger partial charge in [-0.15, -0.1) is 0 Å². The lowest BCUT2D eigenvalue weighted by molar-refractivity contribution is -0.143. The minimum absolute atomic E-state index is 0.0880. The Bertz CT molecular complexity index is 721. The van der Waals surface area contributed by atoms with Gasteiger partial charge in [-0.2, -0.15) is 0 Å². The molecule has 1 unspecified atom stereocenters. The van der Waals surface area contributed by atoms with Gasteiger partial charge in [-0.1, -0.05) is 17.7 Å². The van der Waals surface area contributed by atoms with Gasteiger partial charge in [-0.3, -0.25) is 9.59 Å². The van der Waals surface area contributed by atoms with Crippen LogP contribution in [0.4, 0.5) is 10.5 Å². The summed E-state index contributed by atoms with van der Waals surface area (Å²) >= 11 is 0. The van der Waals surface area contributed by atoms with Crippen molar-refractivity contribution in [2.45, 2.75) is 33.3 Å². The summed E-state index contributed by atoms with van der Waals surface area (Å²) in [6, 6.07) is 6.19. The summed E-state index contributed by atoms with van der Waals surface area (Å²) in [7, 11) is 0. The fourth-order valence-corrected chi connectivity index (χ4v) is 2.26. The van der Waals surface area contributed by atoms with Crippen LogP contribution in [-0.4, -0.2) is 29.8 Å². The molecule has 126 valence electrons. The molecule has 3 amide bonds. The quantitative estimate of drug-likeness (QED) is 0.505. The third kappa shape index (κ3) is 4.07. The molecule has 0 radical (unpaired) electrons. The molecule has 1 heterocycles. The highest BCUT2D eigenvalue weighted by atomic mass is 16.5. The number of carbonyl (C=O) groups is 4. The summed E-state index contributed by atoms with van der Waals surface area (Å²) in [5, 5.41) is 2.34. The lowest BCUT2D eigenvalue weighted by Gasteiger charge is -2.11. The highest BCUT2D eigenvalue weighted by molar-refractivity contribution is 6.27. The number of benzene rings is 1. The summed E-state index contributed by atoms with van der Waals surface area (Å²) in [5.74, 6) is -1.54. The van der Waals surface area contributed by atoms with Gasteiger partial charge in [0, 0.05) is 6.42 Å². The van der Waals surface area contributed by atoms with Crippen molar-refractivity contribution in [3.05, 3.63) is 41.6 Å². The average Bonchev–Trinajstić information content (AvgIpc) is 2.73. The summed E-state index contributed by atoms with van der Waals surface area (Å²) in [6.45, 7) is 4.85. The van der Waals surface area contributed by atoms with Gasteiger partial charge in [0.2, 0.25) is 0 Å². The maximum absolute atomic E-state index is 12.3. The Balaban J connectivity index is 2.11. The number of imide groups is 1. The van der Waals surface area contributed by atoms with E-state index in [1.54, 1.807) is 31.2 Å². The van der Waals surface area contributed by atoms with Gasteiger partial charge in [0.25, 0.3) is 5.91 Å². The van der Waals surface area contributed by atoms with Crippen molar-refractivity contribution < 1.29 is 23.9 Å². The Kier molecular flexibility index (Phi) is 5.13. The molecule has 1 aromatic rings. The molecule has 0 saturated carbocycles. The van der Waals surface area contributed by atoms with Crippen molar-refractivity contribution in [1.29, 1.82) is 0 Å². The molecule has 1 aliphatic heterocycles. The SMILES string of the molecule is CC(=O)CC(C)OC(=O)/C=C1\NC(=O)N(c2ccc(C)cc2)C1=O. The third-order valence-electron chi connectivity index (χ3n) is 3.32. The number of hydrogen-bond acceptors (Lipinski definition) is 5. The van der Waals surface area contributed by atoms with Crippen molar-refractivity contribution in [3.8, 4) is 0 Å². The zero-order valence-electron chi connectivity index (χ0n) is 13.7. The first-order valence-corrected chi connectivity index (χ1v) is 7.42. The van der Waals surface area contributed by atoms with Gasteiger partial charge in [-0.25, -0.2) is 14.5 Å². The number of carbonyl (C=O) groups excluding carboxylic acids is 4. The van der Waals surface area contributed by atoms with Crippen molar-refractivity contribution in [1.82, 2.24) is 5.32 Å². The van der Waals surface area contributed by atoms with E-state index in [1.165, 1.54) is 6.92 Å². The second-order valence-electron chi connectivity index (χ2n) is 5.62. The van der Waals surface area contributed by atoms with Crippen LogP contribution in [0.15, 0.2) is 36.0 Å². The van der Waals surface area contributed by atoms with Gasteiger partial charge in [0.05, 0.1) is 11.8 Å². The van der Waals surface area contributed by atoms with Crippen molar-refractivity contribution in [3.63, 3.8) is 0 Å². The fourth-order valence-electron chi connectivity index (χ4n) is 2.26. The van der Waals surface area contributed by atoms with Crippen LogP contribution < -0.4 is 10.2 Å². The van der Waals surface area contributed by atoms with Gasteiger partial charge >= 0.3 is 12.0 Å². The first-order valence-electron chi connectivity index (χ1n) is 7.42. The van der Waals surface area contributed by atoms with E-state index < -0.39 is 24.0 Å². The summed E-state index contributed by atoms with van der Waals surface area (Å²) in [6.07, 6.45) is 0.405. The largest absolute Gasteiger partial charge is 0.459 e. The van der Waals surface area contributed by atoms with Crippen LogP contribution in [0, 0.1) is 6.92 Å². The van der Waals surface area contributed by atoms with Gasteiger partial charge < -0.3 is 10.1 Å². The van der Waals surface area contributed by atoms with Gasteiger partial charge in [0.1, 0.15) is 17.6 Å². The van der Waals surface area contributed by atoms with Crippen molar-refractivity contribution in [2.75, 3.05) is 4.90 Å².